The van der Waals surface area contributed by atoms with Gasteiger partial charge in [-0.2, -0.15) is 5.26 Å². The summed E-state index contributed by atoms with van der Waals surface area (Å²) in [5.74, 6) is 1.94. The molecule has 3 N–H and O–H groups in total. The van der Waals surface area contributed by atoms with Gasteiger partial charge in [-0.15, -0.1) is 12.8 Å². The van der Waals surface area contributed by atoms with E-state index in [1.165, 1.54) is 24.7 Å². The number of hydrogen-bond donors (Lipinski definition) is 2. The maximum Gasteiger partial charge on any atom is 0.149 e. The number of imidazole rings is 1. The number of anilines is 2. The largest absolute Gasteiger partial charge is 0.382 e. The van der Waals surface area contributed by atoms with Crippen LogP contribution in [-0.2, 0) is 6.54 Å². The summed E-state index contributed by atoms with van der Waals surface area (Å²) in [6, 6.07) is 12.3. The molecule has 8 heteroatoms. The van der Waals surface area contributed by atoms with Crippen LogP contribution in [0, 0.1) is 24.2 Å². The summed E-state index contributed by atoms with van der Waals surface area (Å²) in [6.07, 6.45) is 15.3. The van der Waals surface area contributed by atoms with E-state index < -0.39 is 0 Å². The van der Waals surface area contributed by atoms with Crippen molar-refractivity contribution in [1.29, 1.82) is 5.26 Å². The number of pyridine rings is 1. The van der Waals surface area contributed by atoms with Gasteiger partial charge in [0.05, 0.1) is 29.5 Å². The Labute approximate surface area is 179 Å². The molecule has 0 unspecified atom stereocenters. The summed E-state index contributed by atoms with van der Waals surface area (Å²) in [5, 5.41) is 12.6. The van der Waals surface area contributed by atoms with Crippen LogP contribution in [0.1, 0.15) is 35.7 Å². The van der Waals surface area contributed by atoms with Crippen LogP contribution in [0.2, 0.25) is 0 Å². The van der Waals surface area contributed by atoms with Crippen molar-refractivity contribution in [3.63, 3.8) is 0 Å². The third kappa shape index (κ3) is 3.75. The molecule has 4 aromatic rings. The number of benzene rings is 1. The van der Waals surface area contributed by atoms with Gasteiger partial charge in [0, 0.05) is 6.20 Å². The Morgan fingerprint density at radius 2 is 2.03 bits per heavy atom. The molecule has 0 amide bonds. The van der Waals surface area contributed by atoms with Crippen LogP contribution in [0.25, 0.3) is 16.7 Å². The highest BCUT2D eigenvalue weighted by atomic mass is 15.1. The predicted molar refractivity (Wildman–Crippen MR) is 119 cm³/mol. The van der Waals surface area contributed by atoms with Gasteiger partial charge >= 0.3 is 0 Å². The Morgan fingerprint density at radius 3 is 2.74 bits per heavy atom. The molecule has 152 valence electrons. The summed E-state index contributed by atoms with van der Waals surface area (Å²) >= 11 is 0. The first-order valence-corrected chi connectivity index (χ1v) is 9.74. The molecule has 0 aliphatic heterocycles. The van der Waals surface area contributed by atoms with E-state index in [0.29, 0.717) is 18.3 Å². The maximum atomic E-state index is 9.37. The highest BCUT2D eigenvalue weighted by Crippen LogP contribution is 2.43. The Kier molecular flexibility index (Phi) is 5.46. The molecular formula is C23H20N8. The molecule has 1 aliphatic carbocycles. The molecule has 3 heterocycles. The number of hydrogen-bond acceptors (Lipinski definition) is 7. The number of nitriles is 1. The van der Waals surface area contributed by atoms with Crippen LogP contribution in [0.15, 0.2) is 49.1 Å². The third-order valence-corrected chi connectivity index (χ3v) is 5.10. The fourth-order valence-corrected chi connectivity index (χ4v) is 3.61. The lowest BCUT2D eigenvalue weighted by molar-refractivity contribution is 0.900. The molecular weight excluding hydrogens is 388 g/mol. The van der Waals surface area contributed by atoms with Crippen LogP contribution in [0.5, 0.6) is 0 Å². The van der Waals surface area contributed by atoms with Gasteiger partial charge in [0.25, 0.3) is 0 Å². The average molecular weight is 408 g/mol. The van der Waals surface area contributed by atoms with Crippen molar-refractivity contribution in [2.24, 2.45) is 0 Å². The SMILES string of the molecule is C#C.N#Cc1c(N)ncnc1NCc1nc2cccc(C3CC3)c2n1-c1cccnc1. The van der Waals surface area contributed by atoms with Gasteiger partial charge in [0.15, 0.2) is 0 Å². The Morgan fingerprint density at radius 1 is 1.19 bits per heavy atom. The first kappa shape index (κ1) is 19.9. The predicted octanol–water partition coefficient (Wildman–Crippen LogP) is 3.40. The molecule has 0 saturated heterocycles. The van der Waals surface area contributed by atoms with Crippen LogP contribution in [-0.4, -0.2) is 24.5 Å². The minimum atomic E-state index is 0.154. The molecule has 0 radical (unpaired) electrons. The molecule has 0 bridgehead atoms. The normalized spacial score (nSPS) is 12.5. The molecule has 1 aliphatic rings. The zero-order valence-corrected chi connectivity index (χ0v) is 16.7. The number of nitrogens with one attached hydrogen (secondary N) is 1. The van der Waals surface area contributed by atoms with Crippen molar-refractivity contribution in [3.05, 3.63) is 66.0 Å². The van der Waals surface area contributed by atoms with Crippen LogP contribution < -0.4 is 11.1 Å². The summed E-state index contributed by atoms with van der Waals surface area (Å²) in [6.45, 7) is 0.374. The Balaban J connectivity index is 0.00000112. The van der Waals surface area contributed by atoms with Crippen LogP contribution >= 0.6 is 0 Å². The van der Waals surface area contributed by atoms with E-state index in [4.69, 9.17) is 10.7 Å². The van der Waals surface area contributed by atoms with Gasteiger partial charge in [0.1, 0.15) is 35.4 Å². The highest BCUT2D eigenvalue weighted by molar-refractivity contribution is 5.83. The number of para-hydroxylation sites is 1. The molecule has 5 rings (SSSR count). The van der Waals surface area contributed by atoms with E-state index in [9.17, 15) is 5.26 Å². The van der Waals surface area contributed by atoms with Gasteiger partial charge in [-0.1, -0.05) is 12.1 Å². The van der Waals surface area contributed by atoms with Gasteiger partial charge in [-0.25, -0.2) is 15.0 Å². The maximum absolute atomic E-state index is 9.37. The third-order valence-electron chi connectivity index (χ3n) is 5.10. The summed E-state index contributed by atoms with van der Waals surface area (Å²) < 4.78 is 2.14. The molecule has 1 aromatic carbocycles. The van der Waals surface area contributed by atoms with Gasteiger partial charge in [0.2, 0.25) is 0 Å². The van der Waals surface area contributed by atoms with Crippen molar-refractivity contribution in [3.8, 4) is 24.6 Å². The van der Waals surface area contributed by atoms with Crippen molar-refractivity contribution in [2.75, 3.05) is 11.1 Å². The summed E-state index contributed by atoms with van der Waals surface area (Å²) in [5.41, 5.74) is 10.3. The van der Waals surface area contributed by atoms with E-state index >= 15 is 0 Å². The van der Waals surface area contributed by atoms with E-state index in [0.717, 1.165) is 22.5 Å². The lowest BCUT2D eigenvalue weighted by atomic mass is 10.1. The van der Waals surface area contributed by atoms with Crippen LogP contribution in [0.3, 0.4) is 0 Å². The van der Waals surface area contributed by atoms with E-state index in [1.807, 2.05) is 24.4 Å². The quantitative estimate of drug-likeness (QED) is 0.486. The monoisotopic (exact) mass is 408 g/mol. The highest BCUT2D eigenvalue weighted by Gasteiger charge is 2.28. The van der Waals surface area contributed by atoms with E-state index in [1.54, 1.807) is 6.20 Å². The first-order chi connectivity index (χ1) is 15.3. The molecule has 3 aromatic heterocycles. The average Bonchev–Trinajstić information content (AvgIpc) is 3.59. The van der Waals surface area contributed by atoms with Gasteiger partial charge in [-0.05, 0) is 42.5 Å². The van der Waals surface area contributed by atoms with Crippen molar-refractivity contribution in [2.45, 2.75) is 25.3 Å². The van der Waals surface area contributed by atoms with Crippen molar-refractivity contribution >= 4 is 22.7 Å². The standard InChI is InChI=1S/C21H18N8.C2H2/c22-9-16-20(23)26-12-27-21(16)25-11-18-28-17-5-1-4-15(13-6-7-13)19(17)29(18)14-3-2-8-24-10-14;1-2/h1-5,8,10,12-13H,6-7,11H2,(H3,23,25,26,27);1-2H. The number of aromatic nitrogens is 5. The minimum Gasteiger partial charge on any atom is -0.382 e. The zero-order valence-electron chi connectivity index (χ0n) is 16.7. The molecule has 1 fully saturated rings. The topological polar surface area (TPSA) is 118 Å². The minimum absolute atomic E-state index is 0.154. The molecule has 0 atom stereocenters. The Hall–Kier alpha value is -4.43. The number of nitrogens with zero attached hydrogens (tertiary/aromatic N) is 6. The van der Waals surface area contributed by atoms with E-state index in [-0.39, 0.29) is 11.4 Å². The smallest absolute Gasteiger partial charge is 0.149 e. The van der Waals surface area contributed by atoms with Gasteiger partial charge in [-0.3, -0.25) is 9.55 Å². The van der Waals surface area contributed by atoms with Crippen molar-refractivity contribution in [1.82, 2.24) is 24.5 Å². The molecule has 31 heavy (non-hydrogen) atoms. The second-order valence-corrected chi connectivity index (χ2v) is 7.01. The number of nitrogen functional groups attached to an aromatic ring is 1. The lowest BCUT2D eigenvalue weighted by Crippen LogP contribution is -2.11. The lowest BCUT2D eigenvalue weighted by Gasteiger charge is -2.12. The zero-order chi connectivity index (χ0) is 21.8. The fraction of sp³-hybridized carbons (Fsp3) is 0.174. The number of terminal acetylenes is 1. The van der Waals surface area contributed by atoms with Gasteiger partial charge < -0.3 is 11.1 Å². The Bertz CT molecular complexity index is 1280. The summed E-state index contributed by atoms with van der Waals surface area (Å²) in [4.78, 5) is 17.2. The number of rotatable bonds is 5. The second-order valence-electron chi connectivity index (χ2n) is 7.01. The van der Waals surface area contributed by atoms with E-state index in [2.05, 4.69) is 55.9 Å². The second kappa shape index (κ2) is 8.52. The molecule has 1 saturated carbocycles. The summed E-state index contributed by atoms with van der Waals surface area (Å²) in [7, 11) is 0. The van der Waals surface area contributed by atoms with Crippen LogP contribution in [0.4, 0.5) is 11.6 Å². The molecule has 0 spiro atoms. The van der Waals surface area contributed by atoms with Crippen molar-refractivity contribution < 1.29 is 0 Å². The molecule has 8 nitrogen and oxygen atoms in total. The number of fused-ring (bicyclic) bond motifs is 1. The number of nitrogens with two attached hydrogens (primary N) is 1. The fourth-order valence-electron chi connectivity index (χ4n) is 3.61. The first-order valence-electron chi connectivity index (χ1n) is 9.74.